The maximum absolute atomic E-state index is 13.3. The Morgan fingerprint density at radius 3 is 2.44 bits per heavy atom. The van der Waals surface area contributed by atoms with Gasteiger partial charge in [-0.05, 0) is 43.2 Å². The van der Waals surface area contributed by atoms with E-state index in [9.17, 15) is 13.6 Å². The van der Waals surface area contributed by atoms with Crippen molar-refractivity contribution in [2.75, 3.05) is 24.5 Å². The molecule has 32 heavy (non-hydrogen) atoms. The molecule has 0 aromatic carbocycles. The van der Waals surface area contributed by atoms with E-state index >= 15 is 0 Å². The Labute approximate surface area is 190 Å². The first-order chi connectivity index (χ1) is 15.4. The molecular weight excluding hydrogens is 410 g/mol. The number of pyridine rings is 1. The van der Waals surface area contributed by atoms with E-state index in [4.69, 9.17) is 4.98 Å². The summed E-state index contributed by atoms with van der Waals surface area (Å²) in [6.45, 7) is 7.59. The third-order valence-corrected chi connectivity index (χ3v) is 7.33. The molecule has 4 heterocycles. The highest BCUT2D eigenvalue weighted by atomic mass is 19.3. The first-order valence-corrected chi connectivity index (χ1v) is 12.5. The van der Waals surface area contributed by atoms with Gasteiger partial charge in [0.05, 0.1) is 0 Å². The second-order valence-electron chi connectivity index (χ2n) is 10.0. The van der Waals surface area contributed by atoms with Crippen molar-refractivity contribution in [3.8, 4) is 0 Å². The number of nitrogens with zero attached hydrogens (tertiary/aromatic N) is 3. The molecule has 1 aromatic rings. The lowest BCUT2D eigenvalue weighted by Crippen LogP contribution is -2.52. The van der Waals surface area contributed by atoms with Crippen LogP contribution in [-0.2, 0) is 17.8 Å². The van der Waals surface area contributed by atoms with Gasteiger partial charge in [0.1, 0.15) is 5.82 Å². The molecule has 3 fully saturated rings. The molecule has 0 radical (unpaired) electrons. The topological polar surface area (TPSA) is 48.5 Å². The molecule has 1 aromatic heterocycles. The minimum absolute atomic E-state index is 0.0749. The van der Waals surface area contributed by atoms with Crippen LogP contribution >= 0.6 is 0 Å². The Kier molecular flexibility index (Phi) is 7.33. The fourth-order valence-electron chi connectivity index (χ4n) is 5.59. The van der Waals surface area contributed by atoms with Crippen LogP contribution in [0.25, 0.3) is 0 Å². The zero-order valence-electron chi connectivity index (χ0n) is 19.6. The smallest absolute Gasteiger partial charge is 0.248 e. The van der Waals surface area contributed by atoms with Gasteiger partial charge in [-0.25, -0.2) is 13.8 Å². The van der Waals surface area contributed by atoms with Crippen LogP contribution in [0.5, 0.6) is 0 Å². The highest BCUT2D eigenvalue weighted by molar-refractivity contribution is 5.76. The fraction of sp³-hybridized carbons (Fsp3) is 0.760. The summed E-state index contributed by atoms with van der Waals surface area (Å²) in [6, 6.07) is 5.35. The van der Waals surface area contributed by atoms with Crippen LogP contribution in [-0.4, -0.2) is 53.4 Å². The minimum atomic E-state index is -2.53. The average Bonchev–Trinajstić information content (AvgIpc) is 3.03. The Hall–Kier alpha value is -1.76. The molecule has 0 spiro atoms. The number of carbonyl (C=O) groups excluding carboxylic acids is 1. The SMILES string of the molecule is CCC.O=C(CC1CCC(F)(F)CC1)N1CCc2nc(N3C4CCC3CNC4)ccc2C1. The number of alkyl halides is 2. The predicted octanol–water partition coefficient (Wildman–Crippen LogP) is 4.54. The second kappa shape index (κ2) is 10.0. The zero-order valence-corrected chi connectivity index (χ0v) is 19.6. The van der Waals surface area contributed by atoms with E-state index in [1.54, 1.807) is 0 Å². The summed E-state index contributed by atoms with van der Waals surface area (Å²) in [5, 5.41) is 3.51. The van der Waals surface area contributed by atoms with E-state index in [0.29, 0.717) is 44.4 Å². The Morgan fingerprint density at radius 1 is 1.12 bits per heavy atom. The molecule has 7 heteroatoms. The van der Waals surface area contributed by atoms with Gasteiger partial charge in [0.15, 0.2) is 0 Å². The van der Waals surface area contributed by atoms with Crippen LogP contribution in [0.2, 0.25) is 0 Å². The summed E-state index contributed by atoms with van der Waals surface area (Å²) in [7, 11) is 0. The predicted molar refractivity (Wildman–Crippen MR) is 123 cm³/mol. The normalized spacial score (nSPS) is 26.9. The van der Waals surface area contributed by atoms with Crippen LogP contribution in [0.15, 0.2) is 12.1 Å². The molecule has 5 nitrogen and oxygen atoms in total. The summed E-state index contributed by atoms with van der Waals surface area (Å²) in [6.07, 6.45) is 5.66. The van der Waals surface area contributed by atoms with Gasteiger partial charge in [0, 0.05) is 69.6 Å². The van der Waals surface area contributed by atoms with Gasteiger partial charge in [-0.15, -0.1) is 0 Å². The van der Waals surface area contributed by atoms with E-state index in [0.717, 1.165) is 36.6 Å². The third-order valence-electron chi connectivity index (χ3n) is 7.33. The van der Waals surface area contributed by atoms with Crippen molar-refractivity contribution in [2.24, 2.45) is 5.92 Å². The standard InChI is InChI=1S/C22H30F2N4O.C3H8/c23-22(24)8-5-15(6-9-22)11-21(29)27-10-7-19-16(14-27)1-4-20(26-19)28-17-2-3-18(28)13-25-12-17;1-3-2/h1,4,15,17-18,25H,2-3,5-14H2;3H2,1-2H3. The largest absolute Gasteiger partial charge is 0.348 e. The van der Waals surface area contributed by atoms with Crippen molar-refractivity contribution in [2.45, 2.75) is 96.2 Å². The van der Waals surface area contributed by atoms with Crippen molar-refractivity contribution in [1.29, 1.82) is 0 Å². The summed E-state index contributed by atoms with van der Waals surface area (Å²) < 4.78 is 26.7. The number of nitrogens with one attached hydrogen (secondary N) is 1. The molecule has 1 amide bonds. The molecule has 3 aliphatic heterocycles. The lowest BCUT2D eigenvalue weighted by molar-refractivity contribution is -0.134. The van der Waals surface area contributed by atoms with Crippen LogP contribution in [0.1, 0.15) is 76.5 Å². The summed E-state index contributed by atoms with van der Waals surface area (Å²) in [5.41, 5.74) is 2.24. The molecule has 1 aliphatic carbocycles. The summed E-state index contributed by atoms with van der Waals surface area (Å²) in [4.78, 5) is 22.1. The molecule has 5 rings (SSSR count). The number of hydrogen-bond acceptors (Lipinski definition) is 4. The van der Waals surface area contributed by atoms with Crippen molar-refractivity contribution >= 4 is 11.7 Å². The zero-order chi connectivity index (χ0) is 22.7. The van der Waals surface area contributed by atoms with Gasteiger partial charge in [-0.2, -0.15) is 0 Å². The number of halogens is 2. The van der Waals surface area contributed by atoms with E-state index in [1.165, 1.54) is 19.3 Å². The molecule has 4 aliphatic rings. The number of fused-ring (bicyclic) bond motifs is 3. The third kappa shape index (κ3) is 5.24. The van der Waals surface area contributed by atoms with Gasteiger partial charge in [0.25, 0.3) is 0 Å². The number of aromatic nitrogens is 1. The number of carbonyl (C=O) groups is 1. The molecule has 2 atom stereocenters. The number of hydrogen-bond donors (Lipinski definition) is 1. The van der Waals surface area contributed by atoms with E-state index in [2.05, 4.69) is 36.2 Å². The summed E-state index contributed by atoms with van der Waals surface area (Å²) in [5.74, 6) is -1.24. The molecule has 2 bridgehead atoms. The highest BCUT2D eigenvalue weighted by Crippen LogP contribution is 2.38. The van der Waals surface area contributed by atoms with Gasteiger partial charge in [0.2, 0.25) is 11.8 Å². The van der Waals surface area contributed by atoms with Gasteiger partial charge in [-0.1, -0.05) is 26.3 Å². The minimum Gasteiger partial charge on any atom is -0.348 e. The highest BCUT2D eigenvalue weighted by Gasteiger charge is 2.38. The molecule has 2 unspecified atom stereocenters. The lowest BCUT2D eigenvalue weighted by atomic mass is 9.84. The molecule has 178 valence electrons. The maximum Gasteiger partial charge on any atom is 0.248 e. The Bertz CT molecular complexity index is 776. The second-order valence-corrected chi connectivity index (χ2v) is 10.0. The van der Waals surface area contributed by atoms with Crippen molar-refractivity contribution in [1.82, 2.24) is 15.2 Å². The molecule has 2 saturated heterocycles. The fourth-order valence-corrected chi connectivity index (χ4v) is 5.59. The van der Waals surface area contributed by atoms with Crippen LogP contribution in [0, 0.1) is 5.92 Å². The number of rotatable bonds is 3. The van der Waals surface area contributed by atoms with E-state index in [-0.39, 0.29) is 24.7 Å². The monoisotopic (exact) mass is 448 g/mol. The van der Waals surface area contributed by atoms with Gasteiger partial charge in [-0.3, -0.25) is 4.79 Å². The molecular formula is C25H38F2N4O. The quantitative estimate of drug-likeness (QED) is 0.738. The lowest BCUT2D eigenvalue weighted by Gasteiger charge is -2.37. The average molecular weight is 449 g/mol. The van der Waals surface area contributed by atoms with Crippen molar-refractivity contribution < 1.29 is 13.6 Å². The number of piperazine rings is 1. The van der Waals surface area contributed by atoms with Gasteiger partial charge < -0.3 is 15.1 Å². The first kappa shape index (κ1) is 23.4. The van der Waals surface area contributed by atoms with E-state index in [1.807, 2.05) is 4.90 Å². The van der Waals surface area contributed by atoms with E-state index < -0.39 is 5.92 Å². The van der Waals surface area contributed by atoms with Crippen molar-refractivity contribution in [3.05, 3.63) is 23.4 Å². The van der Waals surface area contributed by atoms with Gasteiger partial charge >= 0.3 is 0 Å². The van der Waals surface area contributed by atoms with Crippen molar-refractivity contribution in [3.63, 3.8) is 0 Å². The number of anilines is 1. The maximum atomic E-state index is 13.3. The first-order valence-electron chi connectivity index (χ1n) is 12.5. The Balaban J connectivity index is 0.000000775. The van der Waals surface area contributed by atoms with Crippen LogP contribution in [0.3, 0.4) is 0 Å². The van der Waals surface area contributed by atoms with Crippen LogP contribution in [0.4, 0.5) is 14.6 Å². The van der Waals surface area contributed by atoms with Crippen LogP contribution < -0.4 is 10.2 Å². The molecule has 1 saturated carbocycles. The number of amides is 1. The Morgan fingerprint density at radius 2 is 1.78 bits per heavy atom. The summed E-state index contributed by atoms with van der Waals surface area (Å²) >= 11 is 0. The molecule has 1 N–H and O–H groups in total.